The summed E-state index contributed by atoms with van der Waals surface area (Å²) in [6, 6.07) is 11.8. The third-order valence-electron chi connectivity index (χ3n) is 5.31. The molecule has 0 radical (unpaired) electrons. The van der Waals surface area contributed by atoms with E-state index in [1.807, 2.05) is 20.8 Å². The molecular weight excluding hydrogens is 401 g/mol. The summed E-state index contributed by atoms with van der Waals surface area (Å²) < 4.78 is 30.3. The maximum Gasteiger partial charge on any atom is 0.231 e. The third-order valence-corrected chi connectivity index (χ3v) is 5.31. The van der Waals surface area contributed by atoms with Gasteiger partial charge >= 0.3 is 0 Å². The van der Waals surface area contributed by atoms with Gasteiger partial charge < -0.3 is 14.2 Å². The molecule has 7 heteroatoms. The van der Waals surface area contributed by atoms with Crippen LogP contribution in [-0.4, -0.2) is 36.6 Å². The van der Waals surface area contributed by atoms with Gasteiger partial charge in [0, 0.05) is 12.6 Å². The van der Waals surface area contributed by atoms with Crippen LogP contribution in [0.4, 0.5) is 4.39 Å². The molecule has 1 saturated heterocycles. The summed E-state index contributed by atoms with van der Waals surface area (Å²) in [7, 11) is 0. The largest absolute Gasteiger partial charge is 0.493 e. The van der Waals surface area contributed by atoms with Crippen LogP contribution in [0.15, 0.2) is 48.2 Å². The van der Waals surface area contributed by atoms with Gasteiger partial charge in [-0.1, -0.05) is 12.1 Å². The lowest BCUT2D eigenvalue weighted by Gasteiger charge is -2.41. The van der Waals surface area contributed by atoms with Gasteiger partial charge in [0.1, 0.15) is 23.2 Å². The quantitative estimate of drug-likeness (QED) is 0.656. The number of halogens is 1. The fourth-order valence-electron chi connectivity index (χ4n) is 3.96. The number of hydrogen-bond donors (Lipinski definition) is 0. The van der Waals surface area contributed by atoms with Crippen molar-refractivity contribution in [3.8, 4) is 17.2 Å². The summed E-state index contributed by atoms with van der Waals surface area (Å²) in [5.74, 6) is 3.35. The Morgan fingerprint density at radius 1 is 1.13 bits per heavy atom. The lowest BCUT2D eigenvalue weighted by molar-refractivity contribution is -0.219. The number of hydroxylamine groups is 2. The number of nitrogens with zero attached hydrogens (tertiary/aromatic N) is 1. The molecule has 4 rings (SSSR count). The highest BCUT2D eigenvalue weighted by atomic mass is 19.1. The van der Waals surface area contributed by atoms with Gasteiger partial charge in [-0.15, -0.1) is 0 Å². The molecule has 31 heavy (non-hydrogen) atoms. The van der Waals surface area contributed by atoms with Crippen molar-refractivity contribution in [2.45, 2.75) is 38.7 Å². The minimum Gasteiger partial charge on any atom is -0.493 e. The van der Waals surface area contributed by atoms with E-state index in [0.717, 1.165) is 12.0 Å². The summed E-state index contributed by atoms with van der Waals surface area (Å²) >= 11 is 0. The second-order valence-corrected chi connectivity index (χ2v) is 8.67. The predicted octanol–water partition coefficient (Wildman–Crippen LogP) is 4.48. The Labute approximate surface area is 181 Å². The second kappa shape index (κ2) is 8.61. The van der Waals surface area contributed by atoms with Crippen molar-refractivity contribution in [2.75, 3.05) is 19.9 Å². The highest BCUT2D eigenvalue weighted by Crippen LogP contribution is 2.40. The van der Waals surface area contributed by atoms with E-state index in [9.17, 15) is 9.18 Å². The van der Waals surface area contributed by atoms with Crippen LogP contribution in [0, 0.1) is 11.7 Å². The zero-order valence-electron chi connectivity index (χ0n) is 17.9. The molecule has 2 aliphatic heterocycles. The molecule has 0 amide bonds. The molecule has 2 aromatic rings. The van der Waals surface area contributed by atoms with Gasteiger partial charge in [-0.3, -0.25) is 4.84 Å². The van der Waals surface area contributed by atoms with Gasteiger partial charge in [0.25, 0.3) is 0 Å². The average Bonchev–Trinajstić information content (AvgIpc) is 3.20. The third kappa shape index (κ3) is 4.84. The van der Waals surface area contributed by atoms with E-state index < -0.39 is 5.60 Å². The summed E-state index contributed by atoms with van der Waals surface area (Å²) in [6.45, 7) is 6.74. The summed E-state index contributed by atoms with van der Waals surface area (Å²) in [5, 5.41) is 1.63. The van der Waals surface area contributed by atoms with E-state index in [-0.39, 0.29) is 31.1 Å². The van der Waals surface area contributed by atoms with Gasteiger partial charge in [-0.2, -0.15) is 0 Å². The Hall–Kier alpha value is -3.02. The van der Waals surface area contributed by atoms with Crippen molar-refractivity contribution in [2.24, 2.45) is 5.92 Å². The SMILES string of the molecule is CC(C)(C)ON1CC[C@@H](c2ccc(F)cc2)[C@H](COc2ccc3c(c2)OCO3)C1=C=O. The fourth-order valence-corrected chi connectivity index (χ4v) is 3.96. The number of carbonyl (C=O) groups excluding carboxylic acids is 1. The Kier molecular flexibility index (Phi) is 5.90. The molecule has 0 unspecified atom stereocenters. The first-order valence-electron chi connectivity index (χ1n) is 10.3. The zero-order valence-corrected chi connectivity index (χ0v) is 17.9. The molecule has 6 nitrogen and oxygen atoms in total. The number of benzene rings is 2. The molecule has 2 aliphatic rings. The van der Waals surface area contributed by atoms with Gasteiger partial charge in [0.15, 0.2) is 11.5 Å². The molecule has 164 valence electrons. The van der Waals surface area contributed by atoms with E-state index in [2.05, 4.69) is 5.94 Å². The van der Waals surface area contributed by atoms with E-state index in [1.165, 1.54) is 12.1 Å². The van der Waals surface area contributed by atoms with E-state index in [0.29, 0.717) is 29.5 Å². The van der Waals surface area contributed by atoms with Crippen LogP contribution in [0.2, 0.25) is 0 Å². The molecule has 0 aromatic heterocycles. The lowest BCUT2D eigenvalue weighted by Crippen LogP contribution is -2.43. The number of hydrogen-bond acceptors (Lipinski definition) is 6. The van der Waals surface area contributed by atoms with E-state index in [1.54, 1.807) is 35.4 Å². The van der Waals surface area contributed by atoms with Crippen LogP contribution in [0.25, 0.3) is 0 Å². The van der Waals surface area contributed by atoms with Gasteiger partial charge in [-0.05, 0) is 62.9 Å². The molecule has 0 spiro atoms. The van der Waals surface area contributed by atoms with Crippen LogP contribution in [0.3, 0.4) is 0 Å². The highest BCUT2D eigenvalue weighted by Gasteiger charge is 2.38. The molecule has 0 bridgehead atoms. The second-order valence-electron chi connectivity index (χ2n) is 8.67. The standard InChI is InChI=1S/C24H26FNO5/c1-24(2,3)31-26-11-10-19(16-4-6-17(25)7-5-16)20(21(26)13-27)14-28-18-8-9-22-23(12-18)30-15-29-22/h4-9,12,19-20H,10-11,14-15H2,1-3H3/t19-,20-/m0/s1. The van der Waals surface area contributed by atoms with Crippen molar-refractivity contribution in [1.29, 1.82) is 0 Å². The zero-order chi connectivity index (χ0) is 22.0. The minimum atomic E-state index is -0.465. The molecule has 0 saturated carbocycles. The maximum absolute atomic E-state index is 13.5. The van der Waals surface area contributed by atoms with Gasteiger partial charge in [-0.25, -0.2) is 14.2 Å². The average molecular weight is 427 g/mol. The Bertz CT molecular complexity index is 978. The molecule has 2 atom stereocenters. The van der Waals surface area contributed by atoms with Crippen LogP contribution >= 0.6 is 0 Å². The minimum absolute atomic E-state index is 0.0362. The molecular formula is C24H26FNO5. The maximum atomic E-state index is 13.5. The smallest absolute Gasteiger partial charge is 0.231 e. The Morgan fingerprint density at radius 2 is 1.87 bits per heavy atom. The highest BCUT2D eigenvalue weighted by molar-refractivity contribution is 5.54. The summed E-state index contributed by atoms with van der Waals surface area (Å²) in [5.41, 5.74) is 0.883. The first kappa shape index (κ1) is 21.2. The molecule has 0 aliphatic carbocycles. The van der Waals surface area contributed by atoms with Crippen LogP contribution in [-0.2, 0) is 9.63 Å². The topological polar surface area (TPSA) is 57.2 Å². The van der Waals surface area contributed by atoms with Crippen LogP contribution in [0.5, 0.6) is 17.2 Å². The number of rotatable bonds is 5. The van der Waals surface area contributed by atoms with Gasteiger partial charge in [0.05, 0.1) is 18.1 Å². The Morgan fingerprint density at radius 3 is 2.58 bits per heavy atom. The van der Waals surface area contributed by atoms with E-state index in [4.69, 9.17) is 19.0 Å². The Balaban J connectivity index is 1.59. The molecule has 2 heterocycles. The van der Waals surface area contributed by atoms with Crippen molar-refractivity contribution in [1.82, 2.24) is 5.06 Å². The van der Waals surface area contributed by atoms with Crippen LogP contribution < -0.4 is 14.2 Å². The van der Waals surface area contributed by atoms with E-state index >= 15 is 0 Å². The van der Waals surface area contributed by atoms with Crippen molar-refractivity contribution >= 4 is 5.94 Å². The molecule has 1 fully saturated rings. The summed E-state index contributed by atoms with van der Waals surface area (Å²) in [4.78, 5) is 18.0. The molecule has 0 N–H and O–H groups in total. The van der Waals surface area contributed by atoms with Crippen molar-refractivity contribution in [3.05, 3.63) is 59.5 Å². The normalized spacial score (nSPS) is 20.5. The number of ether oxygens (including phenoxy) is 3. The first-order chi connectivity index (χ1) is 14.8. The first-order valence-corrected chi connectivity index (χ1v) is 10.3. The predicted molar refractivity (Wildman–Crippen MR) is 112 cm³/mol. The van der Waals surface area contributed by atoms with Crippen LogP contribution in [0.1, 0.15) is 38.7 Å². The molecule has 2 aromatic carbocycles. The lowest BCUT2D eigenvalue weighted by atomic mass is 9.79. The van der Waals surface area contributed by atoms with Crippen molar-refractivity contribution in [3.63, 3.8) is 0 Å². The fraction of sp³-hybridized carbons (Fsp3) is 0.417. The summed E-state index contributed by atoms with van der Waals surface area (Å²) in [6.07, 6.45) is 0.724. The number of piperidine rings is 1. The van der Waals surface area contributed by atoms with Crippen molar-refractivity contribution < 1.29 is 28.2 Å². The number of fused-ring (bicyclic) bond motifs is 1. The monoisotopic (exact) mass is 427 g/mol. The van der Waals surface area contributed by atoms with Gasteiger partial charge in [0.2, 0.25) is 6.79 Å².